The zero-order chi connectivity index (χ0) is 19.9. The normalized spacial score (nSPS) is 10.6. The zero-order valence-electron chi connectivity index (χ0n) is 15.7. The number of non-ortho nitro benzene ring substituents is 1. The molecule has 0 fully saturated rings. The number of likely N-dealkylation sites (N-methyl/N-ethyl adjacent to an activating group) is 1. The molecule has 144 valence electrons. The fourth-order valence-electron chi connectivity index (χ4n) is 2.92. The molecule has 3 aromatic rings. The Morgan fingerprint density at radius 1 is 1.14 bits per heavy atom. The van der Waals surface area contributed by atoms with Crippen LogP contribution in [0.2, 0.25) is 0 Å². The lowest BCUT2D eigenvalue weighted by atomic mass is 10.1. The molecule has 7 heteroatoms. The molecule has 0 bridgehead atoms. The van der Waals surface area contributed by atoms with Gasteiger partial charge in [-0.05, 0) is 24.5 Å². The number of nitro groups is 1. The molecule has 2 aromatic carbocycles. The first kappa shape index (κ1) is 19.3. The van der Waals surface area contributed by atoms with Crippen LogP contribution in [-0.2, 0) is 17.6 Å². The maximum atomic E-state index is 12.3. The van der Waals surface area contributed by atoms with E-state index >= 15 is 0 Å². The van der Waals surface area contributed by atoms with Gasteiger partial charge in [0.05, 0.1) is 17.0 Å². The number of carbonyl (C=O) groups is 1. The summed E-state index contributed by atoms with van der Waals surface area (Å²) >= 11 is 0. The number of benzene rings is 2. The minimum atomic E-state index is -0.448. The van der Waals surface area contributed by atoms with Crippen molar-refractivity contribution in [2.75, 3.05) is 13.6 Å². The second kappa shape index (κ2) is 8.94. The maximum Gasteiger partial charge on any atom is 0.269 e. The average molecular weight is 378 g/mol. The summed E-state index contributed by atoms with van der Waals surface area (Å²) < 4.78 is 0. The lowest BCUT2D eigenvalue weighted by molar-refractivity contribution is -0.384. The van der Waals surface area contributed by atoms with E-state index in [-0.39, 0.29) is 18.0 Å². The first-order valence-electron chi connectivity index (χ1n) is 9.10. The average Bonchev–Trinajstić information content (AvgIpc) is 3.18. The van der Waals surface area contributed by atoms with Crippen LogP contribution in [0.5, 0.6) is 0 Å². The van der Waals surface area contributed by atoms with Crippen LogP contribution in [0.25, 0.3) is 11.3 Å². The van der Waals surface area contributed by atoms with Crippen LogP contribution in [0.15, 0.2) is 60.7 Å². The quantitative estimate of drug-likeness (QED) is 0.479. The Balaban J connectivity index is 1.46. The van der Waals surface area contributed by atoms with Crippen molar-refractivity contribution < 1.29 is 9.72 Å². The number of hydrogen-bond acceptors (Lipinski definition) is 4. The molecule has 0 atom stereocenters. The third-order valence-electron chi connectivity index (χ3n) is 4.57. The third kappa shape index (κ3) is 5.03. The lowest BCUT2D eigenvalue weighted by Crippen LogP contribution is -2.29. The van der Waals surface area contributed by atoms with E-state index in [1.54, 1.807) is 24.1 Å². The predicted octanol–water partition coefficient (Wildman–Crippen LogP) is 3.62. The number of amides is 1. The van der Waals surface area contributed by atoms with Crippen molar-refractivity contribution in [2.24, 2.45) is 0 Å². The van der Waals surface area contributed by atoms with Gasteiger partial charge in [-0.2, -0.15) is 5.10 Å². The molecule has 1 aromatic heterocycles. The van der Waals surface area contributed by atoms with Gasteiger partial charge in [0.15, 0.2) is 0 Å². The molecule has 0 saturated carbocycles. The fraction of sp³-hybridized carbons (Fsp3) is 0.238. The van der Waals surface area contributed by atoms with E-state index in [0.717, 1.165) is 35.4 Å². The Labute approximate surface area is 163 Å². The lowest BCUT2D eigenvalue weighted by Gasteiger charge is -2.16. The van der Waals surface area contributed by atoms with Gasteiger partial charge in [0.25, 0.3) is 5.69 Å². The van der Waals surface area contributed by atoms with Gasteiger partial charge in [-0.3, -0.25) is 20.0 Å². The molecule has 0 aliphatic carbocycles. The number of nitrogens with one attached hydrogen (secondary N) is 1. The second-order valence-corrected chi connectivity index (χ2v) is 6.66. The van der Waals surface area contributed by atoms with Crippen LogP contribution in [-0.4, -0.2) is 39.5 Å². The number of hydrogen-bond donors (Lipinski definition) is 1. The van der Waals surface area contributed by atoms with Gasteiger partial charge < -0.3 is 4.90 Å². The first-order chi connectivity index (χ1) is 13.5. The Morgan fingerprint density at radius 3 is 2.54 bits per heavy atom. The number of carbonyl (C=O) groups excluding carboxylic acids is 1. The Bertz CT molecular complexity index is 936. The molecule has 0 unspecified atom stereocenters. The molecule has 0 spiro atoms. The first-order valence-corrected chi connectivity index (χ1v) is 9.10. The highest BCUT2D eigenvalue weighted by atomic mass is 16.6. The molecule has 28 heavy (non-hydrogen) atoms. The highest BCUT2D eigenvalue weighted by molar-refractivity contribution is 5.78. The van der Waals surface area contributed by atoms with E-state index in [1.807, 2.05) is 36.4 Å². The molecule has 1 N–H and O–H groups in total. The minimum Gasteiger partial charge on any atom is -0.345 e. The van der Waals surface area contributed by atoms with E-state index in [0.29, 0.717) is 6.54 Å². The summed E-state index contributed by atoms with van der Waals surface area (Å²) in [5.41, 5.74) is 3.82. The standard InChI is InChI=1S/C21H22N4O3/c1-24(21(26)14-16-9-11-19(12-10-16)25(27)28)13-5-8-18-15-20(23-22-18)17-6-3-2-4-7-17/h2-4,6-7,9-12,15H,5,8,13-14H2,1H3,(H,22,23). The molecule has 7 nitrogen and oxygen atoms in total. The van der Waals surface area contributed by atoms with Crippen molar-refractivity contribution in [2.45, 2.75) is 19.3 Å². The molecule has 0 radical (unpaired) electrons. The van der Waals surface area contributed by atoms with Crippen molar-refractivity contribution in [3.05, 3.63) is 82.0 Å². The topological polar surface area (TPSA) is 92.1 Å². The van der Waals surface area contributed by atoms with Gasteiger partial charge >= 0.3 is 0 Å². The SMILES string of the molecule is CN(CCCc1cc(-c2ccccc2)n[nH]1)C(=O)Cc1ccc([N+](=O)[O-])cc1. The van der Waals surface area contributed by atoms with Crippen molar-refractivity contribution in [1.82, 2.24) is 15.1 Å². The van der Waals surface area contributed by atoms with Gasteiger partial charge in [-0.15, -0.1) is 0 Å². The van der Waals surface area contributed by atoms with E-state index < -0.39 is 4.92 Å². The minimum absolute atomic E-state index is 0.0107. The van der Waals surface area contributed by atoms with E-state index in [4.69, 9.17) is 0 Å². The van der Waals surface area contributed by atoms with Gasteiger partial charge in [0, 0.05) is 37.0 Å². The number of aromatic amines is 1. The van der Waals surface area contributed by atoms with E-state index in [1.165, 1.54) is 12.1 Å². The van der Waals surface area contributed by atoms with Crippen molar-refractivity contribution in [3.63, 3.8) is 0 Å². The van der Waals surface area contributed by atoms with Crippen LogP contribution in [0.3, 0.4) is 0 Å². The van der Waals surface area contributed by atoms with Gasteiger partial charge in [-0.25, -0.2) is 0 Å². The zero-order valence-corrected chi connectivity index (χ0v) is 15.7. The van der Waals surface area contributed by atoms with Gasteiger partial charge in [0.1, 0.15) is 0 Å². The summed E-state index contributed by atoms with van der Waals surface area (Å²) in [6.07, 6.45) is 1.85. The van der Waals surface area contributed by atoms with Crippen molar-refractivity contribution in [1.29, 1.82) is 0 Å². The van der Waals surface area contributed by atoms with Gasteiger partial charge in [0.2, 0.25) is 5.91 Å². The number of H-pyrrole nitrogens is 1. The summed E-state index contributed by atoms with van der Waals surface area (Å²) in [6.45, 7) is 0.630. The van der Waals surface area contributed by atoms with Crippen LogP contribution >= 0.6 is 0 Å². The summed E-state index contributed by atoms with van der Waals surface area (Å²) in [4.78, 5) is 24.3. The molecule has 3 rings (SSSR count). The fourth-order valence-corrected chi connectivity index (χ4v) is 2.92. The van der Waals surface area contributed by atoms with Crippen LogP contribution in [0.4, 0.5) is 5.69 Å². The molecular weight excluding hydrogens is 356 g/mol. The highest BCUT2D eigenvalue weighted by Gasteiger charge is 2.12. The number of aryl methyl sites for hydroxylation is 1. The summed E-state index contributed by atoms with van der Waals surface area (Å²) in [5, 5.41) is 18.1. The largest absolute Gasteiger partial charge is 0.345 e. The third-order valence-corrected chi connectivity index (χ3v) is 4.57. The van der Waals surface area contributed by atoms with Crippen molar-refractivity contribution >= 4 is 11.6 Å². The monoisotopic (exact) mass is 378 g/mol. The van der Waals surface area contributed by atoms with Crippen LogP contribution < -0.4 is 0 Å². The number of rotatable bonds is 8. The highest BCUT2D eigenvalue weighted by Crippen LogP contribution is 2.17. The van der Waals surface area contributed by atoms with Crippen LogP contribution in [0, 0.1) is 10.1 Å². The number of aromatic nitrogens is 2. The van der Waals surface area contributed by atoms with E-state index in [2.05, 4.69) is 10.2 Å². The molecule has 0 aliphatic rings. The maximum absolute atomic E-state index is 12.3. The summed E-state index contributed by atoms with van der Waals surface area (Å²) in [6, 6.07) is 18.1. The number of nitro benzene ring substituents is 1. The predicted molar refractivity (Wildman–Crippen MR) is 107 cm³/mol. The molecule has 1 amide bonds. The summed E-state index contributed by atoms with van der Waals surface area (Å²) in [7, 11) is 1.77. The smallest absolute Gasteiger partial charge is 0.269 e. The molecule has 0 aliphatic heterocycles. The molecule has 1 heterocycles. The number of nitrogens with zero attached hydrogens (tertiary/aromatic N) is 3. The molecular formula is C21H22N4O3. The Hall–Kier alpha value is -3.48. The summed E-state index contributed by atoms with van der Waals surface area (Å²) in [5.74, 6) is -0.0107. The van der Waals surface area contributed by atoms with Crippen molar-refractivity contribution in [3.8, 4) is 11.3 Å². The van der Waals surface area contributed by atoms with E-state index in [9.17, 15) is 14.9 Å². The second-order valence-electron chi connectivity index (χ2n) is 6.66. The van der Waals surface area contributed by atoms with Gasteiger partial charge in [-0.1, -0.05) is 42.5 Å². The Kier molecular flexibility index (Phi) is 6.16. The molecule has 0 saturated heterocycles. The Morgan fingerprint density at radius 2 is 1.86 bits per heavy atom. The van der Waals surface area contributed by atoms with Crippen LogP contribution in [0.1, 0.15) is 17.7 Å².